The highest BCUT2D eigenvalue weighted by Crippen LogP contribution is 2.32. The van der Waals surface area contributed by atoms with Crippen LogP contribution in [0.3, 0.4) is 0 Å². The fourth-order valence-electron chi connectivity index (χ4n) is 1.24. The molecular formula is C10H11BrN2OS. The largest absolute Gasteiger partial charge is 0.462 e. The van der Waals surface area contributed by atoms with E-state index in [1.54, 1.807) is 17.6 Å². The van der Waals surface area contributed by atoms with Crippen molar-refractivity contribution in [2.24, 2.45) is 0 Å². The smallest absolute Gasteiger partial charge is 0.162 e. The molecular weight excluding hydrogens is 276 g/mol. The van der Waals surface area contributed by atoms with Crippen LogP contribution in [-0.4, -0.2) is 18.6 Å². The lowest BCUT2D eigenvalue weighted by molar-refractivity contribution is 0.581. The summed E-state index contributed by atoms with van der Waals surface area (Å²) >= 11 is 5.13. The standard InChI is InChI=1S/C10H11BrN2OS/c1-12-5-4-7-9(11)15-10(13-7)8-3-2-6-14-8/h2-3,6,12H,4-5H2,1H3. The summed E-state index contributed by atoms with van der Waals surface area (Å²) < 4.78 is 6.39. The third-order valence-corrected chi connectivity index (χ3v) is 3.84. The number of hydrogen-bond donors (Lipinski definition) is 1. The number of likely N-dealkylation sites (N-methyl/N-ethyl adjacent to an activating group) is 1. The highest BCUT2D eigenvalue weighted by atomic mass is 79.9. The maximum Gasteiger partial charge on any atom is 0.162 e. The molecule has 0 bridgehead atoms. The molecule has 2 aromatic heterocycles. The predicted octanol–water partition coefficient (Wildman–Crippen LogP) is 2.93. The molecule has 0 spiro atoms. The zero-order valence-electron chi connectivity index (χ0n) is 8.29. The van der Waals surface area contributed by atoms with Crippen LogP contribution >= 0.6 is 27.3 Å². The van der Waals surface area contributed by atoms with E-state index in [2.05, 4.69) is 26.2 Å². The van der Waals surface area contributed by atoms with E-state index >= 15 is 0 Å². The van der Waals surface area contributed by atoms with Crippen LogP contribution < -0.4 is 5.32 Å². The Labute approximate surface area is 101 Å². The lowest BCUT2D eigenvalue weighted by Crippen LogP contribution is -2.10. The first kappa shape index (κ1) is 10.9. The monoisotopic (exact) mass is 286 g/mol. The maximum atomic E-state index is 5.30. The zero-order chi connectivity index (χ0) is 10.7. The van der Waals surface area contributed by atoms with E-state index in [-0.39, 0.29) is 0 Å². The molecule has 3 nitrogen and oxygen atoms in total. The quantitative estimate of drug-likeness (QED) is 0.939. The Balaban J connectivity index is 2.21. The number of halogens is 1. The highest BCUT2D eigenvalue weighted by Gasteiger charge is 2.11. The van der Waals surface area contributed by atoms with Crippen LogP contribution in [0.15, 0.2) is 26.6 Å². The zero-order valence-corrected chi connectivity index (χ0v) is 10.7. The minimum absolute atomic E-state index is 0.830. The fourth-order valence-corrected chi connectivity index (χ4v) is 2.79. The van der Waals surface area contributed by atoms with Crippen molar-refractivity contribution in [1.82, 2.24) is 10.3 Å². The van der Waals surface area contributed by atoms with Crippen molar-refractivity contribution in [3.8, 4) is 10.8 Å². The predicted molar refractivity (Wildman–Crippen MR) is 65.1 cm³/mol. The summed E-state index contributed by atoms with van der Waals surface area (Å²) in [5.74, 6) is 0.830. The van der Waals surface area contributed by atoms with E-state index in [9.17, 15) is 0 Å². The van der Waals surface area contributed by atoms with Gasteiger partial charge in [0, 0.05) is 13.0 Å². The Morgan fingerprint density at radius 3 is 3.13 bits per heavy atom. The van der Waals surface area contributed by atoms with Gasteiger partial charge in [-0.25, -0.2) is 4.98 Å². The molecule has 0 aliphatic carbocycles. The van der Waals surface area contributed by atoms with Gasteiger partial charge in [-0.1, -0.05) is 0 Å². The van der Waals surface area contributed by atoms with Gasteiger partial charge in [0.2, 0.25) is 0 Å². The van der Waals surface area contributed by atoms with E-state index in [0.717, 1.165) is 33.2 Å². The average Bonchev–Trinajstić information content (AvgIpc) is 2.83. The number of nitrogens with zero attached hydrogens (tertiary/aromatic N) is 1. The molecule has 2 rings (SSSR count). The average molecular weight is 287 g/mol. The lowest BCUT2D eigenvalue weighted by Gasteiger charge is -1.95. The molecule has 0 unspecified atom stereocenters. The first-order valence-corrected chi connectivity index (χ1v) is 6.26. The van der Waals surface area contributed by atoms with Gasteiger partial charge in [0.15, 0.2) is 10.8 Å². The Hall–Kier alpha value is -0.650. The number of furan rings is 1. The summed E-state index contributed by atoms with van der Waals surface area (Å²) in [6, 6.07) is 3.80. The minimum atomic E-state index is 0.830. The van der Waals surface area contributed by atoms with Crippen LogP contribution in [0.4, 0.5) is 0 Å². The Morgan fingerprint density at radius 1 is 1.60 bits per heavy atom. The molecule has 80 valence electrons. The normalized spacial score (nSPS) is 10.8. The van der Waals surface area contributed by atoms with Gasteiger partial charge in [-0.15, -0.1) is 11.3 Å². The molecule has 5 heteroatoms. The van der Waals surface area contributed by atoms with Crippen molar-refractivity contribution in [2.45, 2.75) is 6.42 Å². The van der Waals surface area contributed by atoms with Gasteiger partial charge in [0.1, 0.15) is 0 Å². The van der Waals surface area contributed by atoms with Crippen LogP contribution in [0, 0.1) is 0 Å². The molecule has 15 heavy (non-hydrogen) atoms. The minimum Gasteiger partial charge on any atom is -0.462 e. The Kier molecular flexibility index (Phi) is 3.56. The molecule has 0 amide bonds. The third-order valence-electron chi connectivity index (χ3n) is 1.99. The van der Waals surface area contributed by atoms with Gasteiger partial charge < -0.3 is 9.73 Å². The molecule has 0 fully saturated rings. The molecule has 0 saturated carbocycles. The Morgan fingerprint density at radius 2 is 2.47 bits per heavy atom. The van der Waals surface area contributed by atoms with Crippen LogP contribution in [0.1, 0.15) is 5.69 Å². The fraction of sp³-hybridized carbons (Fsp3) is 0.300. The summed E-state index contributed by atoms with van der Waals surface area (Å²) in [5, 5.41) is 4.04. The van der Waals surface area contributed by atoms with Gasteiger partial charge in [0.05, 0.1) is 15.7 Å². The SMILES string of the molecule is CNCCc1nc(-c2ccco2)sc1Br. The van der Waals surface area contributed by atoms with Crippen molar-refractivity contribution < 1.29 is 4.42 Å². The summed E-state index contributed by atoms with van der Waals surface area (Å²) in [7, 11) is 1.94. The van der Waals surface area contributed by atoms with Crippen LogP contribution in [0.5, 0.6) is 0 Å². The van der Waals surface area contributed by atoms with E-state index in [0.29, 0.717) is 0 Å². The number of nitrogens with one attached hydrogen (secondary N) is 1. The van der Waals surface area contributed by atoms with Crippen molar-refractivity contribution in [3.63, 3.8) is 0 Å². The van der Waals surface area contributed by atoms with Crippen LogP contribution in [0.2, 0.25) is 0 Å². The number of hydrogen-bond acceptors (Lipinski definition) is 4. The van der Waals surface area contributed by atoms with Gasteiger partial charge in [-0.05, 0) is 35.1 Å². The molecule has 0 aliphatic heterocycles. The first-order chi connectivity index (χ1) is 7.31. The molecule has 0 radical (unpaired) electrons. The lowest BCUT2D eigenvalue weighted by atomic mass is 10.3. The summed E-state index contributed by atoms with van der Waals surface area (Å²) in [6.45, 7) is 0.930. The van der Waals surface area contributed by atoms with Gasteiger partial charge in [0.25, 0.3) is 0 Å². The third kappa shape index (κ3) is 2.48. The van der Waals surface area contributed by atoms with E-state index in [1.165, 1.54) is 0 Å². The second-order valence-electron chi connectivity index (χ2n) is 3.07. The molecule has 2 aromatic rings. The second kappa shape index (κ2) is 4.92. The van der Waals surface area contributed by atoms with Gasteiger partial charge in [-0.2, -0.15) is 0 Å². The van der Waals surface area contributed by atoms with E-state index in [4.69, 9.17) is 4.42 Å². The number of rotatable bonds is 4. The van der Waals surface area contributed by atoms with Crippen molar-refractivity contribution in [1.29, 1.82) is 0 Å². The van der Waals surface area contributed by atoms with Gasteiger partial charge in [-0.3, -0.25) is 0 Å². The number of aromatic nitrogens is 1. The van der Waals surface area contributed by atoms with Crippen molar-refractivity contribution in [2.75, 3.05) is 13.6 Å². The molecule has 2 heterocycles. The summed E-state index contributed by atoms with van der Waals surface area (Å²) in [5.41, 5.74) is 1.08. The summed E-state index contributed by atoms with van der Waals surface area (Å²) in [4.78, 5) is 4.53. The van der Waals surface area contributed by atoms with E-state index < -0.39 is 0 Å². The molecule has 0 atom stereocenters. The highest BCUT2D eigenvalue weighted by molar-refractivity contribution is 9.11. The van der Waals surface area contributed by atoms with Crippen molar-refractivity contribution in [3.05, 3.63) is 27.9 Å². The first-order valence-electron chi connectivity index (χ1n) is 4.65. The van der Waals surface area contributed by atoms with Crippen molar-refractivity contribution >= 4 is 27.3 Å². The molecule has 0 aromatic carbocycles. The van der Waals surface area contributed by atoms with Crippen LogP contribution in [-0.2, 0) is 6.42 Å². The molecule has 1 N–H and O–H groups in total. The van der Waals surface area contributed by atoms with E-state index in [1.807, 2.05) is 19.2 Å². The summed E-state index contributed by atoms with van der Waals surface area (Å²) in [6.07, 6.45) is 2.59. The Bertz CT molecular complexity index is 425. The maximum absolute atomic E-state index is 5.30. The topological polar surface area (TPSA) is 38.1 Å². The molecule has 0 saturated heterocycles. The second-order valence-corrected chi connectivity index (χ2v) is 5.39. The van der Waals surface area contributed by atoms with Crippen LogP contribution in [0.25, 0.3) is 10.8 Å². The van der Waals surface area contributed by atoms with Gasteiger partial charge >= 0.3 is 0 Å². The molecule has 0 aliphatic rings. The number of thiazole rings is 1.